The second-order valence-electron chi connectivity index (χ2n) is 7.53. The number of halogens is 1. The molecular formula is C20H27FN4O3S. The van der Waals surface area contributed by atoms with Crippen LogP contribution in [0.15, 0.2) is 30.5 Å². The highest BCUT2D eigenvalue weighted by Gasteiger charge is 2.29. The van der Waals surface area contributed by atoms with E-state index in [0.29, 0.717) is 37.2 Å². The van der Waals surface area contributed by atoms with Gasteiger partial charge in [0.25, 0.3) is 5.91 Å². The zero-order chi connectivity index (χ0) is 21.2. The van der Waals surface area contributed by atoms with Gasteiger partial charge in [-0.15, -0.1) is 0 Å². The molecule has 0 unspecified atom stereocenters. The summed E-state index contributed by atoms with van der Waals surface area (Å²) in [6.45, 7) is 6.40. The van der Waals surface area contributed by atoms with Crippen LogP contribution >= 0.6 is 0 Å². The number of aromatic nitrogens is 2. The molecular weight excluding hydrogens is 395 g/mol. The van der Waals surface area contributed by atoms with Crippen molar-refractivity contribution in [3.63, 3.8) is 0 Å². The molecule has 2 heterocycles. The molecule has 0 atom stereocenters. The Labute approximate surface area is 171 Å². The Morgan fingerprint density at radius 2 is 1.86 bits per heavy atom. The van der Waals surface area contributed by atoms with Crippen LogP contribution < -0.4 is 5.32 Å². The van der Waals surface area contributed by atoms with Crippen LogP contribution in [0.25, 0.3) is 5.69 Å². The average Bonchev–Trinajstić information content (AvgIpc) is 3.14. The van der Waals surface area contributed by atoms with Crippen molar-refractivity contribution in [2.24, 2.45) is 0 Å². The van der Waals surface area contributed by atoms with Crippen LogP contribution in [-0.4, -0.2) is 53.3 Å². The summed E-state index contributed by atoms with van der Waals surface area (Å²) in [4.78, 5) is 12.9. The SMILES string of the molecule is CCS(=O)(=O)N1CCC(NC(=O)c2cnn(-c3ccc(F)cc3)c2C(C)C)CC1. The quantitative estimate of drug-likeness (QED) is 0.776. The van der Waals surface area contributed by atoms with Crippen molar-refractivity contribution in [3.8, 4) is 5.69 Å². The highest BCUT2D eigenvalue weighted by atomic mass is 32.2. The first-order valence-electron chi connectivity index (χ1n) is 9.85. The summed E-state index contributed by atoms with van der Waals surface area (Å²) in [6, 6.07) is 5.89. The molecule has 1 N–H and O–H groups in total. The minimum absolute atomic E-state index is 0.0276. The van der Waals surface area contributed by atoms with E-state index in [4.69, 9.17) is 0 Å². The van der Waals surface area contributed by atoms with E-state index < -0.39 is 10.0 Å². The number of amides is 1. The molecule has 0 saturated carbocycles. The maximum atomic E-state index is 13.2. The molecule has 2 aromatic rings. The zero-order valence-corrected chi connectivity index (χ0v) is 17.7. The first-order chi connectivity index (χ1) is 13.7. The number of hydrogen-bond acceptors (Lipinski definition) is 4. The van der Waals surface area contributed by atoms with Gasteiger partial charge in [0.2, 0.25) is 10.0 Å². The van der Waals surface area contributed by atoms with Gasteiger partial charge in [-0.1, -0.05) is 13.8 Å². The van der Waals surface area contributed by atoms with Gasteiger partial charge in [-0.05, 0) is 49.9 Å². The van der Waals surface area contributed by atoms with Gasteiger partial charge in [-0.3, -0.25) is 4.79 Å². The molecule has 3 rings (SSSR count). The molecule has 29 heavy (non-hydrogen) atoms. The van der Waals surface area contributed by atoms with Crippen LogP contribution in [0.5, 0.6) is 0 Å². The van der Waals surface area contributed by atoms with Crippen molar-refractivity contribution in [1.82, 2.24) is 19.4 Å². The maximum Gasteiger partial charge on any atom is 0.255 e. The smallest absolute Gasteiger partial charge is 0.255 e. The minimum Gasteiger partial charge on any atom is -0.349 e. The van der Waals surface area contributed by atoms with Crippen LogP contribution in [0, 0.1) is 5.82 Å². The third kappa shape index (κ3) is 4.67. The second kappa shape index (κ2) is 8.62. The van der Waals surface area contributed by atoms with Crippen molar-refractivity contribution >= 4 is 15.9 Å². The Bertz CT molecular complexity index is 962. The van der Waals surface area contributed by atoms with E-state index in [1.165, 1.54) is 22.6 Å². The number of carbonyl (C=O) groups is 1. The number of carbonyl (C=O) groups excluding carboxylic acids is 1. The Morgan fingerprint density at radius 1 is 1.24 bits per heavy atom. The summed E-state index contributed by atoms with van der Waals surface area (Å²) in [5, 5.41) is 7.37. The predicted molar refractivity (Wildman–Crippen MR) is 109 cm³/mol. The topological polar surface area (TPSA) is 84.3 Å². The summed E-state index contributed by atoms with van der Waals surface area (Å²) in [5.41, 5.74) is 1.92. The zero-order valence-electron chi connectivity index (χ0n) is 16.9. The largest absolute Gasteiger partial charge is 0.349 e. The van der Waals surface area contributed by atoms with Gasteiger partial charge in [0.15, 0.2) is 0 Å². The van der Waals surface area contributed by atoms with Crippen LogP contribution in [0.2, 0.25) is 0 Å². The summed E-state index contributed by atoms with van der Waals surface area (Å²) in [7, 11) is -3.19. The molecule has 1 saturated heterocycles. The highest BCUT2D eigenvalue weighted by Crippen LogP contribution is 2.24. The standard InChI is InChI=1S/C20H27FN4O3S/c1-4-29(27,28)24-11-9-16(10-12-24)23-20(26)18-13-22-25(19(18)14(2)3)17-7-5-15(21)6-8-17/h5-8,13-14,16H,4,9-12H2,1-3H3,(H,23,26). The number of benzene rings is 1. The van der Waals surface area contributed by atoms with E-state index in [0.717, 1.165) is 5.69 Å². The predicted octanol–water partition coefficient (Wildman–Crippen LogP) is 2.68. The summed E-state index contributed by atoms with van der Waals surface area (Å²) in [5.74, 6) is -0.440. The summed E-state index contributed by atoms with van der Waals surface area (Å²) in [6.07, 6.45) is 2.69. The second-order valence-corrected chi connectivity index (χ2v) is 9.79. The molecule has 0 aliphatic carbocycles. The van der Waals surface area contributed by atoms with Crippen LogP contribution in [0.1, 0.15) is 55.6 Å². The van der Waals surface area contributed by atoms with Crippen LogP contribution in [0.3, 0.4) is 0 Å². The fourth-order valence-corrected chi connectivity index (χ4v) is 4.73. The maximum absolute atomic E-state index is 13.2. The van der Waals surface area contributed by atoms with Gasteiger partial charge in [0.1, 0.15) is 5.82 Å². The normalized spacial score (nSPS) is 16.3. The Hall–Kier alpha value is -2.26. The molecule has 1 amide bonds. The van der Waals surface area contributed by atoms with E-state index in [1.54, 1.807) is 23.7 Å². The Balaban J connectivity index is 1.74. The molecule has 158 valence electrons. The van der Waals surface area contributed by atoms with Crippen molar-refractivity contribution in [3.05, 3.63) is 47.5 Å². The average molecular weight is 423 g/mol. The Kier molecular flexibility index (Phi) is 6.38. The first kappa shape index (κ1) is 21.4. The van der Waals surface area contributed by atoms with Gasteiger partial charge in [-0.2, -0.15) is 5.10 Å². The van der Waals surface area contributed by atoms with E-state index in [1.807, 2.05) is 13.8 Å². The van der Waals surface area contributed by atoms with E-state index in [-0.39, 0.29) is 29.4 Å². The molecule has 0 bridgehead atoms. The number of piperidine rings is 1. The summed E-state index contributed by atoms with van der Waals surface area (Å²) < 4.78 is 40.4. The number of sulfonamides is 1. The fraction of sp³-hybridized carbons (Fsp3) is 0.500. The van der Waals surface area contributed by atoms with E-state index in [2.05, 4.69) is 10.4 Å². The van der Waals surface area contributed by atoms with Gasteiger partial charge in [0.05, 0.1) is 28.9 Å². The van der Waals surface area contributed by atoms with E-state index >= 15 is 0 Å². The third-order valence-corrected chi connectivity index (χ3v) is 7.10. The molecule has 7 nitrogen and oxygen atoms in total. The monoisotopic (exact) mass is 422 g/mol. The third-order valence-electron chi connectivity index (χ3n) is 5.22. The fourth-order valence-electron chi connectivity index (χ4n) is 3.60. The van der Waals surface area contributed by atoms with Gasteiger partial charge in [-0.25, -0.2) is 21.8 Å². The first-order valence-corrected chi connectivity index (χ1v) is 11.5. The van der Waals surface area contributed by atoms with E-state index in [9.17, 15) is 17.6 Å². The van der Waals surface area contributed by atoms with Crippen molar-refractivity contribution in [2.75, 3.05) is 18.8 Å². The minimum atomic E-state index is -3.19. The number of hydrogen-bond donors (Lipinski definition) is 1. The molecule has 1 aromatic carbocycles. The molecule has 0 spiro atoms. The van der Waals surface area contributed by atoms with Crippen molar-refractivity contribution < 1.29 is 17.6 Å². The van der Waals surface area contributed by atoms with Gasteiger partial charge in [0, 0.05) is 19.1 Å². The molecule has 0 radical (unpaired) electrons. The lowest BCUT2D eigenvalue weighted by Crippen LogP contribution is -2.47. The summed E-state index contributed by atoms with van der Waals surface area (Å²) >= 11 is 0. The number of nitrogens with one attached hydrogen (secondary N) is 1. The van der Waals surface area contributed by atoms with Crippen molar-refractivity contribution in [1.29, 1.82) is 0 Å². The lowest BCUT2D eigenvalue weighted by Gasteiger charge is -2.31. The number of rotatable bonds is 6. The van der Waals surface area contributed by atoms with Gasteiger partial charge >= 0.3 is 0 Å². The molecule has 9 heteroatoms. The van der Waals surface area contributed by atoms with Crippen LogP contribution in [-0.2, 0) is 10.0 Å². The molecule has 1 aromatic heterocycles. The highest BCUT2D eigenvalue weighted by molar-refractivity contribution is 7.89. The van der Waals surface area contributed by atoms with Crippen LogP contribution in [0.4, 0.5) is 4.39 Å². The molecule has 1 aliphatic rings. The Morgan fingerprint density at radius 3 is 2.41 bits per heavy atom. The van der Waals surface area contributed by atoms with Crippen molar-refractivity contribution in [2.45, 2.75) is 45.6 Å². The molecule has 1 fully saturated rings. The molecule has 1 aliphatic heterocycles. The number of nitrogens with zero attached hydrogens (tertiary/aromatic N) is 3. The lowest BCUT2D eigenvalue weighted by atomic mass is 10.0. The van der Waals surface area contributed by atoms with Gasteiger partial charge < -0.3 is 5.32 Å². The lowest BCUT2D eigenvalue weighted by molar-refractivity contribution is 0.0922.